The van der Waals surface area contributed by atoms with Crippen LogP contribution in [0.15, 0.2) is 48.1 Å². The monoisotopic (exact) mass is 591 g/mol. The van der Waals surface area contributed by atoms with E-state index < -0.39 is 6.04 Å². The molecular weight excluding hydrogens is 576 g/mol. The standard InChI is InChI=1S/C22H18Cl5N5O2S/c1-3-6-32-20(11(2)28-21(34)13-5-4-12(23)7-14(13)24)30-31-22(32)35-10-19(33)29-18-9-16(26)15(25)8-17(18)27/h3-5,7-9,11H,1,6,10H2,2H3,(H,28,34)(H,29,33)/t11-/m1/s1. The third-order valence-corrected chi connectivity index (χ3v) is 7.13. The summed E-state index contributed by atoms with van der Waals surface area (Å²) in [6, 6.07) is 7.03. The molecule has 0 fully saturated rings. The number of allylic oxidation sites excluding steroid dienone is 1. The number of thioether (sulfide) groups is 1. The second-order valence-corrected chi connectivity index (χ2v) is 10.2. The Bertz CT molecular complexity index is 1280. The van der Waals surface area contributed by atoms with E-state index in [4.69, 9.17) is 58.0 Å². The molecule has 0 saturated heterocycles. The van der Waals surface area contributed by atoms with Crippen LogP contribution in [0.5, 0.6) is 0 Å². The zero-order valence-electron chi connectivity index (χ0n) is 18.1. The van der Waals surface area contributed by atoms with Crippen LogP contribution in [0.4, 0.5) is 5.69 Å². The van der Waals surface area contributed by atoms with Gasteiger partial charge in [0.25, 0.3) is 5.91 Å². The first-order valence-corrected chi connectivity index (χ1v) is 12.8. The molecule has 3 rings (SSSR count). The van der Waals surface area contributed by atoms with E-state index in [1.807, 2.05) is 0 Å². The van der Waals surface area contributed by atoms with Crippen molar-refractivity contribution in [2.45, 2.75) is 24.7 Å². The smallest absolute Gasteiger partial charge is 0.253 e. The van der Waals surface area contributed by atoms with E-state index in [0.29, 0.717) is 28.2 Å². The van der Waals surface area contributed by atoms with Gasteiger partial charge in [-0.05, 0) is 37.3 Å². The maximum absolute atomic E-state index is 12.7. The maximum atomic E-state index is 12.7. The van der Waals surface area contributed by atoms with E-state index in [2.05, 4.69) is 27.4 Å². The van der Waals surface area contributed by atoms with Gasteiger partial charge in [-0.25, -0.2) is 0 Å². The Labute approximate surface area is 231 Å². The van der Waals surface area contributed by atoms with Gasteiger partial charge in [-0.2, -0.15) is 0 Å². The van der Waals surface area contributed by atoms with Gasteiger partial charge in [0.1, 0.15) is 0 Å². The number of hydrogen-bond acceptors (Lipinski definition) is 5. The van der Waals surface area contributed by atoms with Crippen molar-refractivity contribution in [1.29, 1.82) is 0 Å². The van der Waals surface area contributed by atoms with Crippen molar-refractivity contribution in [2.75, 3.05) is 11.1 Å². The molecule has 0 bridgehead atoms. The zero-order valence-corrected chi connectivity index (χ0v) is 22.7. The van der Waals surface area contributed by atoms with E-state index in [9.17, 15) is 9.59 Å². The van der Waals surface area contributed by atoms with Crippen LogP contribution in [0.25, 0.3) is 0 Å². The van der Waals surface area contributed by atoms with E-state index in [0.717, 1.165) is 11.8 Å². The molecule has 0 aliphatic heterocycles. The molecule has 35 heavy (non-hydrogen) atoms. The topological polar surface area (TPSA) is 88.9 Å². The molecule has 0 unspecified atom stereocenters. The van der Waals surface area contributed by atoms with Crippen molar-refractivity contribution in [3.63, 3.8) is 0 Å². The second-order valence-electron chi connectivity index (χ2n) is 7.14. The van der Waals surface area contributed by atoms with Crippen molar-refractivity contribution in [3.8, 4) is 0 Å². The average Bonchev–Trinajstić information content (AvgIpc) is 3.19. The number of nitrogens with one attached hydrogen (secondary N) is 2. The molecule has 7 nitrogen and oxygen atoms in total. The summed E-state index contributed by atoms with van der Waals surface area (Å²) in [5.74, 6) is -0.214. The van der Waals surface area contributed by atoms with E-state index in [1.54, 1.807) is 29.7 Å². The van der Waals surface area contributed by atoms with Crippen LogP contribution in [-0.2, 0) is 11.3 Å². The fraction of sp³-hybridized carbons (Fsp3) is 0.182. The molecule has 2 N–H and O–H groups in total. The lowest BCUT2D eigenvalue weighted by Gasteiger charge is -2.16. The van der Waals surface area contributed by atoms with Crippen molar-refractivity contribution in [3.05, 3.63) is 79.5 Å². The number of carbonyl (C=O) groups is 2. The lowest BCUT2D eigenvalue weighted by Crippen LogP contribution is -2.29. The summed E-state index contributed by atoms with van der Waals surface area (Å²) in [5.41, 5.74) is 0.627. The third-order valence-electron chi connectivity index (χ3n) is 4.58. The molecule has 0 radical (unpaired) electrons. The van der Waals surface area contributed by atoms with E-state index >= 15 is 0 Å². The summed E-state index contributed by atoms with van der Waals surface area (Å²) in [4.78, 5) is 25.2. The highest BCUT2D eigenvalue weighted by Gasteiger charge is 2.21. The number of rotatable bonds is 9. The molecule has 1 aromatic heterocycles. The number of hydrogen-bond donors (Lipinski definition) is 2. The van der Waals surface area contributed by atoms with Crippen molar-refractivity contribution in [1.82, 2.24) is 20.1 Å². The summed E-state index contributed by atoms with van der Waals surface area (Å²) in [6.45, 7) is 5.89. The van der Waals surface area contributed by atoms with Gasteiger partial charge >= 0.3 is 0 Å². The predicted octanol–water partition coefficient (Wildman–Crippen LogP) is 6.95. The first-order valence-electron chi connectivity index (χ1n) is 9.97. The Hall–Kier alpha value is -1.94. The average molecular weight is 594 g/mol. The number of anilines is 1. The molecule has 0 saturated carbocycles. The van der Waals surface area contributed by atoms with E-state index in [1.165, 1.54) is 18.2 Å². The van der Waals surface area contributed by atoms with Crippen molar-refractivity contribution >= 4 is 87.3 Å². The van der Waals surface area contributed by atoms with Gasteiger partial charge in [0, 0.05) is 11.6 Å². The molecule has 13 heteroatoms. The second kappa shape index (κ2) is 12.3. The molecule has 184 valence electrons. The van der Waals surface area contributed by atoms with Crippen molar-refractivity contribution < 1.29 is 9.59 Å². The highest BCUT2D eigenvalue weighted by atomic mass is 35.5. The number of halogens is 5. The van der Waals surface area contributed by atoms with Crippen LogP contribution in [0.1, 0.15) is 29.1 Å². The van der Waals surface area contributed by atoms with Gasteiger partial charge in [0.05, 0.1) is 43.1 Å². The number of carbonyl (C=O) groups excluding carboxylic acids is 2. The van der Waals surface area contributed by atoms with Gasteiger partial charge in [-0.15, -0.1) is 16.8 Å². The predicted molar refractivity (Wildman–Crippen MR) is 143 cm³/mol. The Morgan fingerprint density at radius 2 is 1.77 bits per heavy atom. The van der Waals surface area contributed by atoms with Crippen LogP contribution in [-0.4, -0.2) is 32.3 Å². The first-order chi connectivity index (χ1) is 16.6. The summed E-state index contributed by atoms with van der Waals surface area (Å²) >= 11 is 31.2. The summed E-state index contributed by atoms with van der Waals surface area (Å²) in [5, 5.41) is 15.9. The number of nitrogens with zero attached hydrogens (tertiary/aromatic N) is 3. The molecule has 0 spiro atoms. The summed E-state index contributed by atoms with van der Waals surface area (Å²) in [6.07, 6.45) is 1.66. The molecule has 1 heterocycles. The normalized spacial score (nSPS) is 11.7. The minimum atomic E-state index is -0.514. The quantitative estimate of drug-likeness (QED) is 0.159. The lowest BCUT2D eigenvalue weighted by molar-refractivity contribution is -0.113. The molecule has 3 aromatic rings. The SMILES string of the molecule is C=CCn1c(SCC(=O)Nc2cc(Cl)c(Cl)cc2Cl)nnc1[C@@H](C)NC(=O)c1ccc(Cl)cc1Cl. The fourth-order valence-electron chi connectivity index (χ4n) is 2.98. The molecule has 0 aliphatic rings. The van der Waals surface area contributed by atoms with Crippen LogP contribution >= 0.6 is 69.8 Å². The van der Waals surface area contributed by atoms with Gasteiger partial charge in [0.15, 0.2) is 11.0 Å². The molecular formula is C22H18Cl5N5O2S. The number of amides is 2. The van der Waals surface area contributed by atoms with Crippen LogP contribution in [0.2, 0.25) is 25.1 Å². The van der Waals surface area contributed by atoms with Crippen LogP contribution in [0, 0.1) is 0 Å². The Morgan fingerprint density at radius 3 is 2.46 bits per heavy atom. The Kier molecular flexibility index (Phi) is 9.75. The van der Waals surface area contributed by atoms with Gasteiger partial charge in [-0.1, -0.05) is 75.8 Å². The molecule has 1 atom stereocenters. The Morgan fingerprint density at radius 1 is 1.06 bits per heavy atom. The lowest BCUT2D eigenvalue weighted by atomic mass is 10.2. The van der Waals surface area contributed by atoms with Gasteiger partial charge in [0.2, 0.25) is 5.91 Å². The summed E-state index contributed by atoms with van der Waals surface area (Å²) < 4.78 is 1.76. The van der Waals surface area contributed by atoms with Gasteiger partial charge in [-0.3, -0.25) is 9.59 Å². The highest BCUT2D eigenvalue weighted by Crippen LogP contribution is 2.32. The first kappa shape index (κ1) is 27.6. The van der Waals surface area contributed by atoms with E-state index in [-0.39, 0.29) is 43.2 Å². The molecule has 0 aliphatic carbocycles. The largest absolute Gasteiger partial charge is 0.342 e. The molecule has 2 amide bonds. The highest BCUT2D eigenvalue weighted by molar-refractivity contribution is 7.99. The minimum Gasteiger partial charge on any atom is -0.342 e. The van der Waals surface area contributed by atoms with Gasteiger partial charge < -0.3 is 15.2 Å². The number of aromatic nitrogens is 3. The fourth-order valence-corrected chi connectivity index (χ4v) is 4.82. The van der Waals surface area contributed by atoms with Crippen LogP contribution in [0.3, 0.4) is 0 Å². The minimum absolute atomic E-state index is 0.0208. The third kappa shape index (κ3) is 7.06. The Balaban J connectivity index is 1.69. The summed E-state index contributed by atoms with van der Waals surface area (Å²) in [7, 11) is 0. The maximum Gasteiger partial charge on any atom is 0.253 e. The van der Waals surface area contributed by atoms with Crippen molar-refractivity contribution in [2.24, 2.45) is 0 Å². The van der Waals surface area contributed by atoms with Crippen LogP contribution < -0.4 is 10.6 Å². The zero-order chi connectivity index (χ0) is 25.7. The number of benzene rings is 2. The molecule has 2 aromatic carbocycles.